The number of likely N-dealkylation sites (N-methyl/N-ethyl adjacent to an activating group) is 1. The van der Waals surface area contributed by atoms with E-state index in [0.717, 1.165) is 32.6 Å². The van der Waals surface area contributed by atoms with Crippen molar-refractivity contribution in [3.8, 4) is 0 Å². The Hall–Kier alpha value is -0.120. The van der Waals surface area contributed by atoms with E-state index in [0.29, 0.717) is 12.6 Å². The second kappa shape index (κ2) is 5.99. The number of hydrogen-bond acceptors (Lipinski definition) is 3. The normalized spacial score (nSPS) is 27.9. The third-order valence-electron chi connectivity index (χ3n) is 4.10. The van der Waals surface area contributed by atoms with Crippen molar-refractivity contribution in [2.24, 2.45) is 5.41 Å². The standard InChI is InChI=1S/C13H28N2O/c1-5-13(4,11-16)10-14-7-8-15(6-2)12(3)9-14/h12,16H,5-11H2,1-4H3. The van der Waals surface area contributed by atoms with Crippen LogP contribution in [0.15, 0.2) is 0 Å². The molecule has 3 heteroatoms. The van der Waals surface area contributed by atoms with Crippen LogP contribution >= 0.6 is 0 Å². The van der Waals surface area contributed by atoms with Crippen LogP contribution in [0.3, 0.4) is 0 Å². The highest BCUT2D eigenvalue weighted by molar-refractivity contribution is 4.83. The zero-order chi connectivity index (χ0) is 12.2. The molecule has 96 valence electrons. The molecule has 0 saturated carbocycles. The summed E-state index contributed by atoms with van der Waals surface area (Å²) in [7, 11) is 0. The van der Waals surface area contributed by atoms with Crippen molar-refractivity contribution in [1.29, 1.82) is 0 Å². The lowest BCUT2D eigenvalue weighted by molar-refractivity contribution is 0.0339. The third-order valence-corrected chi connectivity index (χ3v) is 4.10. The van der Waals surface area contributed by atoms with E-state index in [4.69, 9.17) is 0 Å². The molecule has 1 N–H and O–H groups in total. The number of rotatable bonds is 5. The van der Waals surface area contributed by atoms with Gasteiger partial charge in [0.25, 0.3) is 0 Å². The van der Waals surface area contributed by atoms with Gasteiger partial charge < -0.3 is 5.11 Å². The molecule has 0 aromatic carbocycles. The Morgan fingerprint density at radius 2 is 2.00 bits per heavy atom. The average Bonchev–Trinajstić information content (AvgIpc) is 2.29. The molecule has 0 spiro atoms. The summed E-state index contributed by atoms with van der Waals surface area (Å²) in [6, 6.07) is 0.651. The van der Waals surface area contributed by atoms with Crippen molar-refractivity contribution in [2.75, 3.05) is 39.3 Å². The Kier molecular flexibility index (Phi) is 5.22. The smallest absolute Gasteiger partial charge is 0.0496 e. The Balaban J connectivity index is 2.46. The highest BCUT2D eigenvalue weighted by atomic mass is 16.3. The van der Waals surface area contributed by atoms with Gasteiger partial charge in [0.2, 0.25) is 0 Å². The summed E-state index contributed by atoms with van der Waals surface area (Å²) in [5.41, 5.74) is 0.0775. The van der Waals surface area contributed by atoms with Gasteiger partial charge in [-0.3, -0.25) is 9.80 Å². The third kappa shape index (κ3) is 3.44. The summed E-state index contributed by atoms with van der Waals surface area (Å²) in [6.07, 6.45) is 1.05. The summed E-state index contributed by atoms with van der Waals surface area (Å²) in [5.74, 6) is 0. The SMILES string of the molecule is CCN1CCN(CC(C)(CC)CO)CC1C. The van der Waals surface area contributed by atoms with Gasteiger partial charge in [0.05, 0.1) is 0 Å². The second-order valence-corrected chi connectivity index (χ2v) is 5.54. The van der Waals surface area contributed by atoms with E-state index in [9.17, 15) is 5.11 Å². The number of hydrogen-bond donors (Lipinski definition) is 1. The summed E-state index contributed by atoms with van der Waals surface area (Å²) in [6.45, 7) is 14.8. The first-order chi connectivity index (χ1) is 7.54. The van der Waals surface area contributed by atoms with Crippen molar-refractivity contribution in [1.82, 2.24) is 9.80 Å². The van der Waals surface area contributed by atoms with Crippen LogP contribution in [0, 0.1) is 5.41 Å². The van der Waals surface area contributed by atoms with Gasteiger partial charge in [-0.05, 0) is 19.9 Å². The summed E-state index contributed by atoms with van der Waals surface area (Å²) < 4.78 is 0. The molecular weight excluding hydrogens is 200 g/mol. The quantitative estimate of drug-likeness (QED) is 0.771. The highest BCUT2D eigenvalue weighted by Gasteiger charge is 2.28. The molecule has 16 heavy (non-hydrogen) atoms. The molecule has 1 rings (SSSR count). The van der Waals surface area contributed by atoms with Gasteiger partial charge in [-0.25, -0.2) is 0 Å². The van der Waals surface area contributed by atoms with Gasteiger partial charge in [-0.15, -0.1) is 0 Å². The van der Waals surface area contributed by atoms with Gasteiger partial charge in [-0.2, -0.15) is 0 Å². The van der Waals surface area contributed by atoms with E-state index >= 15 is 0 Å². The molecule has 3 nitrogen and oxygen atoms in total. The molecule has 0 amide bonds. The van der Waals surface area contributed by atoms with Crippen LogP contribution < -0.4 is 0 Å². The molecule has 1 aliphatic rings. The van der Waals surface area contributed by atoms with Gasteiger partial charge in [0.15, 0.2) is 0 Å². The van der Waals surface area contributed by atoms with E-state index in [1.54, 1.807) is 0 Å². The molecule has 0 aromatic rings. The maximum Gasteiger partial charge on any atom is 0.0496 e. The largest absolute Gasteiger partial charge is 0.396 e. The van der Waals surface area contributed by atoms with Crippen LogP contribution in [0.4, 0.5) is 0 Å². The molecule has 1 fully saturated rings. The Labute approximate surface area is 100 Å². The lowest BCUT2D eigenvalue weighted by Crippen LogP contribution is -2.54. The fourth-order valence-corrected chi connectivity index (χ4v) is 2.50. The molecule has 1 heterocycles. The lowest BCUT2D eigenvalue weighted by atomic mass is 9.87. The lowest BCUT2D eigenvalue weighted by Gasteiger charge is -2.42. The number of aliphatic hydroxyl groups excluding tert-OH is 1. The first-order valence-electron chi connectivity index (χ1n) is 6.62. The minimum absolute atomic E-state index is 0.0775. The maximum absolute atomic E-state index is 9.44. The first kappa shape index (κ1) is 13.9. The van der Waals surface area contributed by atoms with E-state index in [1.807, 2.05) is 0 Å². The van der Waals surface area contributed by atoms with Crippen molar-refractivity contribution >= 4 is 0 Å². The molecule has 0 aromatic heterocycles. The molecule has 2 atom stereocenters. The number of nitrogens with zero attached hydrogens (tertiary/aromatic N) is 2. The minimum atomic E-state index is 0.0775. The summed E-state index contributed by atoms with van der Waals surface area (Å²) in [4.78, 5) is 5.04. The summed E-state index contributed by atoms with van der Waals surface area (Å²) >= 11 is 0. The Morgan fingerprint density at radius 3 is 2.44 bits per heavy atom. The molecule has 0 radical (unpaired) electrons. The average molecular weight is 228 g/mol. The van der Waals surface area contributed by atoms with Crippen LogP contribution in [0.25, 0.3) is 0 Å². The maximum atomic E-state index is 9.44. The van der Waals surface area contributed by atoms with Crippen molar-refractivity contribution in [2.45, 2.75) is 40.2 Å². The molecule has 0 aliphatic carbocycles. The second-order valence-electron chi connectivity index (χ2n) is 5.54. The first-order valence-corrected chi connectivity index (χ1v) is 6.62. The van der Waals surface area contributed by atoms with Gasteiger partial charge >= 0.3 is 0 Å². The van der Waals surface area contributed by atoms with E-state index < -0.39 is 0 Å². The van der Waals surface area contributed by atoms with Crippen LogP contribution in [-0.2, 0) is 0 Å². The van der Waals surface area contributed by atoms with E-state index in [-0.39, 0.29) is 5.41 Å². The van der Waals surface area contributed by atoms with Crippen LogP contribution in [0.1, 0.15) is 34.1 Å². The summed E-state index contributed by atoms with van der Waals surface area (Å²) in [5, 5.41) is 9.44. The molecule has 1 saturated heterocycles. The van der Waals surface area contributed by atoms with Gasteiger partial charge in [0, 0.05) is 44.2 Å². The van der Waals surface area contributed by atoms with Crippen LogP contribution in [0.5, 0.6) is 0 Å². The van der Waals surface area contributed by atoms with E-state index in [1.165, 1.54) is 6.54 Å². The van der Waals surface area contributed by atoms with Crippen molar-refractivity contribution in [3.63, 3.8) is 0 Å². The molecule has 2 unspecified atom stereocenters. The number of aliphatic hydroxyl groups is 1. The highest BCUT2D eigenvalue weighted by Crippen LogP contribution is 2.23. The van der Waals surface area contributed by atoms with E-state index in [2.05, 4.69) is 37.5 Å². The predicted octanol–water partition coefficient (Wildman–Crippen LogP) is 1.42. The zero-order valence-electron chi connectivity index (χ0n) is 11.4. The van der Waals surface area contributed by atoms with Crippen LogP contribution in [-0.4, -0.2) is 60.3 Å². The molecule has 0 bridgehead atoms. The van der Waals surface area contributed by atoms with Crippen molar-refractivity contribution in [3.05, 3.63) is 0 Å². The predicted molar refractivity (Wildman–Crippen MR) is 68.6 cm³/mol. The fraction of sp³-hybridized carbons (Fsp3) is 1.00. The van der Waals surface area contributed by atoms with Crippen LogP contribution in [0.2, 0.25) is 0 Å². The fourth-order valence-electron chi connectivity index (χ4n) is 2.50. The zero-order valence-corrected chi connectivity index (χ0v) is 11.4. The number of piperazine rings is 1. The minimum Gasteiger partial charge on any atom is -0.396 e. The topological polar surface area (TPSA) is 26.7 Å². The Morgan fingerprint density at radius 1 is 1.31 bits per heavy atom. The molecular formula is C13H28N2O. The van der Waals surface area contributed by atoms with Gasteiger partial charge in [-0.1, -0.05) is 20.8 Å². The Bertz CT molecular complexity index is 204. The van der Waals surface area contributed by atoms with Crippen molar-refractivity contribution < 1.29 is 5.11 Å². The monoisotopic (exact) mass is 228 g/mol. The molecule has 1 aliphatic heterocycles. The van der Waals surface area contributed by atoms with Gasteiger partial charge in [0.1, 0.15) is 0 Å².